The van der Waals surface area contributed by atoms with Crippen molar-refractivity contribution in [1.82, 2.24) is 4.57 Å². The largest absolute Gasteiger partial charge is 0.489 e. The van der Waals surface area contributed by atoms with E-state index in [0.29, 0.717) is 12.3 Å². The summed E-state index contributed by atoms with van der Waals surface area (Å²) in [6.45, 7) is 1.91. The number of nitrogens with zero attached hydrogens (tertiary/aromatic N) is 2. The molecule has 2 N–H and O–H groups in total. The molecule has 0 bridgehead atoms. The molecule has 0 fully saturated rings. The molecule has 0 saturated heterocycles. The van der Waals surface area contributed by atoms with Crippen LogP contribution < -0.4 is 10.5 Å². The van der Waals surface area contributed by atoms with Crippen molar-refractivity contribution in [2.75, 3.05) is 5.73 Å². The van der Waals surface area contributed by atoms with Crippen LogP contribution >= 0.6 is 0 Å². The molecule has 5 nitrogen and oxygen atoms in total. The van der Waals surface area contributed by atoms with E-state index in [1.807, 2.05) is 60.7 Å². The van der Waals surface area contributed by atoms with E-state index in [1.54, 1.807) is 10.8 Å². The van der Waals surface area contributed by atoms with Gasteiger partial charge in [0, 0.05) is 18.8 Å². The van der Waals surface area contributed by atoms with Crippen LogP contribution in [0.1, 0.15) is 28.5 Å². The predicted octanol–water partition coefficient (Wildman–Crippen LogP) is 3.71. The second kappa shape index (κ2) is 6.93. The van der Waals surface area contributed by atoms with Gasteiger partial charge < -0.3 is 15.0 Å². The Morgan fingerprint density at radius 3 is 2.44 bits per heavy atom. The molecule has 25 heavy (non-hydrogen) atoms. The third kappa shape index (κ3) is 3.38. The third-order valence-electron chi connectivity index (χ3n) is 3.86. The first-order valence-electron chi connectivity index (χ1n) is 7.79. The first-order valence-corrected chi connectivity index (χ1v) is 7.79. The molecule has 0 unspecified atom stereocenters. The van der Waals surface area contributed by atoms with Gasteiger partial charge in [-0.2, -0.15) is 5.26 Å². The number of ketones is 1. The van der Waals surface area contributed by atoms with Crippen molar-refractivity contribution >= 4 is 11.5 Å². The van der Waals surface area contributed by atoms with E-state index in [1.165, 1.54) is 6.92 Å². The molecular formula is C20H17N3O2. The smallest absolute Gasteiger partial charge is 0.178 e. The number of hydrogen-bond donors (Lipinski definition) is 1. The zero-order valence-electron chi connectivity index (χ0n) is 13.8. The van der Waals surface area contributed by atoms with Crippen molar-refractivity contribution in [2.24, 2.45) is 0 Å². The number of hydrogen-bond acceptors (Lipinski definition) is 4. The Morgan fingerprint density at radius 2 is 1.84 bits per heavy atom. The lowest BCUT2D eigenvalue weighted by molar-refractivity contribution is 0.101. The highest BCUT2D eigenvalue weighted by Crippen LogP contribution is 2.25. The number of Topliss-reactive ketones (excluding diaryl/α,β-unsaturated/α-hetero) is 1. The number of carbonyl (C=O) groups excluding carboxylic acids is 1. The SMILES string of the molecule is CC(=O)c1c(N)c(C#N)cn1-c1ccc(OCc2ccccc2)cc1. The number of anilines is 1. The van der Waals surface area contributed by atoms with Gasteiger partial charge in [0.05, 0.1) is 11.3 Å². The minimum absolute atomic E-state index is 0.191. The molecule has 2 aromatic carbocycles. The molecule has 0 aliphatic rings. The monoisotopic (exact) mass is 331 g/mol. The van der Waals surface area contributed by atoms with Crippen molar-refractivity contribution in [2.45, 2.75) is 13.5 Å². The number of ether oxygens (including phenoxy) is 1. The molecule has 0 aliphatic heterocycles. The average molecular weight is 331 g/mol. The van der Waals surface area contributed by atoms with E-state index in [2.05, 4.69) is 0 Å². The second-order valence-corrected chi connectivity index (χ2v) is 5.61. The molecule has 0 amide bonds. The van der Waals surface area contributed by atoms with Gasteiger partial charge in [0.15, 0.2) is 5.78 Å². The molecule has 3 rings (SSSR count). The zero-order valence-corrected chi connectivity index (χ0v) is 13.8. The molecule has 0 atom stereocenters. The number of carbonyl (C=O) groups is 1. The highest BCUT2D eigenvalue weighted by molar-refractivity contribution is 5.99. The summed E-state index contributed by atoms with van der Waals surface area (Å²) in [6, 6.07) is 19.2. The number of nitrogens with two attached hydrogens (primary N) is 1. The average Bonchev–Trinajstić information content (AvgIpc) is 2.98. The summed E-state index contributed by atoms with van der Waals surface area (Å²) in [5.74, 6) is 0.529. The lowest BCUT2D eigenvalue weighted by atomic mass is 10.2. The summed E-state index contributed by atoms with van der Waals surface area (Å²) in [5.41, 5.74) is 8.54. The maximum absolute atomic E-state index is 11.9. The lowest BCUT2D eigenvalue weighted by Crippen LogP contribution is -2.06. The molecule has 0 radical (unpaired) electrons. The molecule has 5 heteroatoms. The summed E-state index contributed by atoms with van der Waals surface area (Å²) in [7, 11) is 0. The number of nitrogen functional groups attached to an aromatic ring is 1. The molecule has 1 aromatic heterocycles. The standard InChI is InChI=1S/C20H17N3O2/c1-14(24)20-19(22)16(11-21)12-23(20)17-7-9-18(10-8-17)25-13-15-5-3-2-4-6-15/h2-10,12H,13,22H2,1H3. The van der Waals surface area contributed by atoms with E-state index >= 15 is 0 Å². The zero-order chi connectivity index (χ0) is 17.8. The van der Waals surface area contributed by atoms with Crippen LogP contribution in [-0.2, 0) is 6.61 Å². The molecule has 124 valence electrons. The van der Waals surface area contributed by atoms with Gasteiger partial charge in [-0.1, -0.05) is 30.3 Å². The van der Waals surface area contributed by atoms with Gasteiger partial charge in [-0.3, -0.25) is 4.79 Å². The van der Waals surface area contributed by atoms with Gasteiger partial charge in [-0.05, 0) is 29.8 Å². The van der Waals surface area contributed by atoms with Gasteiger partial charge in [0.1, 0.15) is 24.1 Å². The Bertz CT molecular complexity index is 936. The maximum atomic E-state index is 11.9. The van der Waals surface area contributed by atoms with Crippen molar-refractivity contribution in [1.29, 1.82) is 5.26 Å². The topological polar surface area (TPSA) is 81.0 Å². The third-order valence-corrected chi connectivity index (χ3v) is 3.86. The van der Waals surface area contributed by atoms with Gasteiger partial charge in [-0.15, -0.1) is 0 Å². The Kier molecular flexibility index (Phi) is 4.53. The van der Waals surface area contributed by atoms with E-state index < -0.39 is 0 Å². The van der Waals surface area contributed by atoms with Crippen LogP contribution in [-0.4, -0.2) is 10.4 Å². The van der Waals surface area contributed by atoms with E-state index in [0.717, 1.165) is 17.0 Å². The number of aromatic nitrogens is 1. The molecule has 0 spiro atoms. The predicted molar refractivity (Wildman–Crippen MR) is 95.7 cm³/mol. The van der Waals surface area contributed by atoms with Crippen LogP contribution in [0.4, 0.5) is 5.69 Å². The summed E-state index contributed by atoms with van der Waals surface area (Å²) in [4.78, 5) is 11.9. The number of nitriles is 1. The van der Waals surface area contributed by atoms with Crippen LogP contribution in [0.5, 0.6) is 5.75 Å². The van der Waals surface area contributed by atoms with Crippen molar-refractivity contribution in [3.05, 3.63) is 77.6 Å². The first-order chi connectivity index (χ1) is 12.1. The molecular weight excluding hydrogens is 314 g/mol. The van der Waals surface area contributed by atoms with Gasteiger partial charge >= 0.3 is 0 Å². The highest BCUT2D eigenvalue weighted by atomic mass is 16.5. The minimum atomic E-state index is -0.191. The van der Waals surface area contributed by atoms with Gasteiger partial charge in [-0.25, -0.2) is 0 Å². The van der Waals surface area contributed by atoms with E-state index in [9.17, 15) is 4.79 Å². The molecule has 3 aromatic rings. The fourth-order valence-electron chi connectivity index (χ4n) is 2.62. The van der Waals surface area contributed by atoms with Crippen molar-refractivity contribution in [3.63, 3.8) is 0 Å². The first kappa shape index (κ1) is 16.3. The van der Waals surface area contributed by atoms with Crippen molar-refractivity contribution in [3.8, 4) is 17.5 Å². The van der Waals surface area contributed by atoms with Crippen LogP contribution in [0.3, 0.4) is 0 Å². The Hall–Kier alpha value is -3.52. The summed E-state index contributed by atoms with van der Waals surface area (Å²) in [5, 5.41) is 9.13. The summed E-state index contributed by atoms with van der Waals surface area (Å²) in [6.07, 6.45) is 1.58. The van der Waals surface area contributed by atoms with Crippen LogP contribution in [0.2, 0.25) is 0 Å². The minimum Gasteiger partial charge on any atom is -0.489 e. The van der Waals surface area contributed by atoms with Crippen LogP contribution in [0.25, 0.3) is 5.69 Å². The van der Waals surface area contributed by atoms with Gasteiger partial charge in [0.25, 0.3) is 0 Å². The molecule has 0 aliphatic carbocycles. The van der Waals surface area contributed by atoms with Crippen LogP contribution in [0, 0.1) is 11.3 Å². The van der Waals surface area contributed by atoms with Gasteiger partial charge in [0.2, 0.25) is 0 Å². The Labute approximate surface area is 145 Å². The molecule has 1 heterocycles. The highest BCUT2D eigenvalue weighted by Gasteiger charge is 2.17. The summed E-state index contributed by atoms with van der Waals surface area (Å²) < 4.78 is 7.39. The number of rotatable bonds is 5. The quantitative estimate of drug-likeness (QED) is 0.723. The normalized spacial score (nSPS) is 10.2. The molecule has 0 saturated carbocycles. The lowest BCUT2D eigenvalue weighted by Gasteiger charge is -2.10. The Morgan fingerprint density at radius 1 is 1.16 bits per heavy atom. The number of benzene rings is 2. The van der Waals surface area contributed by atoms with Crippen LogP contribution in [0.15, 0.2) is 60.8 Å². The second-order valence-electron chi connectivity index (χ2n) is 5.61. The maximum Gasteiger partial charge on any atom is 0.178 e. The van der Waals surface area contributed by atoms with Crippen molar-refractivity contribution < 1.29 is 9.53 Å². The van der Waals surface area contributed by atoms with E-state index in [4.69, 9.17) is 15.7 Å². The fraction of sp³-hybridized carbons (Fsp3) is 0.100. The summed E-state index contributed by atoms with van der Waals surface area (Å²) >= 11 is 0. The fourth-order valence-corrected chi connectivity index (χ4v) is 2.62. The Balaban J connectivity index is 1.83. The van der Waals surface area contributed by atoms with E-state index in [-0.39, 0.29) is 17.0 Å².